The highest BCUT2D eigenvalue weighted by molar-refractivity contribution is 6.31. The quantitative estimate of drug-likeness (QED) is 0.869. The van der Waals surface area contributed by atoms with Gasteiger partial charge in [0.15, 0.2) is 0 Å². The SMILES string of the molecule is CCCNC(=O)O[C@H](C)[C@H](OC)c1ccccc1Cl. The second-order valence-corrected chi connectivity index (χ2v) is 4.62. The van der Waals surface area contributed by atoms with Gasteiger partial charge in [-0.2, -0.15) is 0 Å². The number of hydrogen-bond donors (Lipinski definition) is 1. The molecule has 0 aliphatic carbocycles. The van der Waals surface area contributed by atoms with Gasteiger partial charge in [0.2, 0.25) is 0 Å². The van der Waals surface area contributed by atoms with Crippen LogP contribution in [0.5, 0.6) is 0 Å². The zero-order chi connectivity index (χ0) is 14.3. The average molecular weight is 286 g/mol. The van der Waals surface area contributed by atoms with Gasteiger partial charge in [-0.1, -0.05) is 36.7 Å². The summed E-state index contributed by atoms with van der Waals surface area (Å²) in [4.78, 5) is 11.5. The van der Waals surface area contributed by atoms with Crippen LogP contribution in [-0.4, -0.2) is 25.9 Å². The summed E-state index contributed by atoms with van der Waals surface area (Å²) < 4.78 is 10.7. The molecule has 1 aromatic rings. The molecule has 0 aromatic heterocycles. The number of amides is 1. The van der Waals surface area contributed by atoms with Gasteiger partial charge in [-0.15, -0.1) is 0 Å². The normalized spacial score (nSPS) is 13.7. The van der Waals surface area contributed by atoms with Gasteiger partial charge in [-0.3, -0.25) is 0 Å². The van der Waals surface area contributed by atoms with Crippen LogP contribution in [0.3, 0.4) is 0 Å². The van der Waals surface area contributed by atoms with Crippen LogP contribution in [0, 0.1) is 0 Å². The van der Waals surface area contributed by atoms with E-state index in [1.807, 2.05) is 25.1 Å². The first kappa shape index (κ1) is 15.8. The molecule has 106 valence electrons. The molecule has 0 fully saturated rings. The molecule has 0 aliphatic heterocycles. The third-order valence-corrected chi connectivity index (χ3v) is 3.05. The molecule has 0 bridgehead atoms. The summed E-state index contributed by atoms with van der Waals surface area (Å²) >= 11 is 6.13. The summed E-state index contributed by atoms with van der Waals surface area (Å²) in [5.41, 5.74) is 0.808. The Labute approximate surface area is 119 Å². The Morgan fingerprint density at radius 3 is 2.68 bits per heavy atom. The smallest absolute Gasteiger partial charge is 0.407 e. The number of carbonyl (C=O) groups is 1. The van der Waals surface area contributed by atoms with Crippen molar-refractivity contribution in [2.24, 2.45) is 0 Å². The minimum atomic E-state index is -0.441. The number of carbonyl (C=O) groups excluding carboxylic acids is 1. The standard InChI is InChI=1S/C14H20ClNO3/c1-4-9-16-14(17)19-10(2)13(18-3)11-7-5-6-8-12(11)15/h5-8,10,13H,4,9H2,1-3H3,(H,16,17)/t10-,13+/m1/s1. The number of nitrogens with one attached hydrogen (secondary N) is 1. The van der Waals surface area contributed by atoms with Crippen molar-refractivity contribution in [3.05, 3.63) is 34.9 Å². The van der Waals surface area contributed by atoms with Crippen molar-refractivity contribution in [3.8, 4) is 0 Å². The lowest BCUT2D eigenvalue weighted by Gasteiger charge is -2.24. The zero-order valence-electron chi connectivity index (χ0n) is 11.5. The Kier molecular flexibility index (Phi) is 6.67. The fourth-order valence-corrected chi connectivity index (χ4v) is 2.02. The molecule has 4 nitrogen and oxygen atoms in total. The van der Waals surface area contributed by atoms with E-state index in [-0.39, 0.29) is 6.10 Å². The first-order valence-electron chi connectivity index (χ1n) is 6.31. The lowest BCUT2D eigenvalue weighted by atomic mass is 10.1. The van der Waals surface area contributed by atoms with Crippen LogP contribution in [0.1, 0.15) is 31.9 Å². The monoisotopic (exact) mass is 285 g/mol. The Balaban J connectivity index is 2.69. The van der Waals surface area contributed by atoms with E-state index in [1.54, 1.807) is 20.1 Å². The van der Waals surface area contributed by atoms with E-state index in [2.05, 4.69) is 5.32 Å². The van der Waals surface area contributed by atoms with E-state index >= 15 is 0 Å². The Bertz CT molecular complexity index is 411. The maximum atomic E-state index is 11.5. The summed E-state index contributed by atoms with van der Waals surface area (Å²) in [5.74, 6) is 0. The number of benzene rings is 1. The molecule has 0 heterocycles. The third-order valence-electron chi connectivity index (χ3n) is 2.70. The van der Waals surface area contributed by atoms with Gasteiger partial charge in [-0.05, 0) is 19.4 Å². The zero-order valence-corrected chi connectivity index (χ0v) is 12.2. The fourth-order valence-electron chi connectivity index (χ4n) is 1.78. The largest absolute Gasteiger partial charge is 0.443 e. The summed E-state index contributed by atoms with van der Waals surface area (Å²) in [5, 5.41) is 3.25. The maximum Gasteiger partial charge on any atom is 0.407 e. The van der Waals surface area contributed by atoms with Crippen molar-refractivity contribution in [3.63, 3.8) is 0 Å². The van der Waals surface area contributed by atoms with Crippen LogP contribution in [0.2, 0.25) is 5.02 Å². The molecule has 0 radical (unpaired) electrons. The summed E-state index contributed by atoms with van der Waals surface area (Å²) in [6, 6.07) is 7.36. The van der Waals surface area contributed by atoms with Gasteiger partial charge in [0.25, 0.3) is 0 Å². The average Bonchev–Trinajstić information content (AvgIpc) is 2.39. The van der Waals surface area contributed by atoms with Crippen LogP contribution in [0.15, 0.2) is 24.3 Å². The molecule has 1 rings (SSSR count). The third kappa shape index (κ3) is 4.73. The molecule has 1 aromatic carbocycles. The maximum absolute atomic E-state index is 11.5. The molecule has 0 aliphatic rings. The van der Waals surface area contributed by atoms with E-state index in [9.17, 15) is 4.79 Å². The number of methoxy groups -OCH3 is 1. The van der Waals surface area contributed by atoms with Gasteiger partial charge < -0.3 is 14.8 Å². The fraction of sp³-hybridized carbons (Fsp3) is 0.500. The second kappa shape index (κ2) is 8.02. The molecule has 0 unspecified atom stereocenters. The van der Waals surface area contributed by atoms with Gasteiger partial charge in [-0.25, -0.2) is 4.79 Å². The highest BCUT2D eigenvalue weighted by Gasteiger charge is 2.24. The van der Waals surface area contributed by atoms with Crippen molar-refractivity contribution < 1.29 is 14.3 Å². The number of hydrogen-bond acceptors (Lipinski definition) is 3. The van der Waals surface area contributed by atoms with Gasteiger partial charge in [0.05, 0.1) is 0 Å². The summed E-state index contributed by atoms with van der Waals surface area (Å²) in [6.07, 6.45) is -0.395. The number of rotatable bonds is 6. The lowest BCUT2D eigenvalue weighted by Crippen LogP contribution is -2.31. The van der Waals surface area contributed by atoms with Crippen molar-refractivity contribution in [1.29, 1.82) is 0 Å². The van der Waals surface area contributed by atoms with E-state index in [0.717, 1.165) is 12.0 Å². The number of halogens is 1. The predicted molar refractivity (Wildman–Crippen MR) is 75.4 cm³/mol. The molecule has 0 saturated heterocycles. The Morgan fingerprint density at radius 2 is 2.11 bits per heavy atom. The number of ether oxygens (including phenoxy) is 2. The minimum absolute atomic E-state index is 0.388. The summed E-state index contributed by atoms with van der Waals surface area (Å²) in [7, 11) is 1.57. The van der Waals surface area contributed by atoms with Crippen LogP contribution >= 0.6 is 11.6 Å². The van der Waals surface area contributed by atoms with Crippen molar-refractivity contribution in [1.82, 2.24) is 5.32 Å². The molecule has 5 heteroatoms. The van der Waals surface area contributed by atoms with Crippen LogP contribution in [-0.2, 0) is 9.47 Å². The van der Waals surface area contributed by atoms with Crippen LogP contribution < -0.4 is 5.32 Å². The Hall–Kier alpha value is -1.26. The second-order valence-electron chi connectivity index (χ2n) is 4.22. The molecule has 0 saturated carbocycles. The minimum Gasteiger partial charge on any atom is -0.443 e. The molecular weight excluding hydrogens is 266 g/mol. The predicted octanol–water partition coefficient (Wildman–Crippen LogP) is 3.55. The molecule has 2 atom stereocenters. The van der Waals surface area contributed by atoms with Crippen molar-refractivity contribution in [2.75, 3.05) is 13.7 Å². The highest BCUT2D eigenvalue weighted by Crippen LogP contribution is 2.28. The van der Waals surface area contributed by atoms with E-state index in [0.29, 0.717) is 11.6 Å². The topological polar surface area (TPSA) is 47.6 Å². The highest BCUT2D eigenvalue weighted by atomic mass is 35.5. The Morgan fingerprint density at radius 1 is 1.42 bits per heavy atom. The first-order valence-corrected chi connectivity index (χ1v) is 6.69. The molecule has 1 amide bonds. The van der Waals surface area contributed by atoms with Crippen LogP contribution in [0.4, 0.5) is 4.79 Å². The molecule has 1 N–H and O–H groups in total. The number of alkyl carbamates (subject to hydrolysis) is 1. The molecule has 0 spiro atoms. The van der Waals surface area contributed by atoms with E-state index in [4.69, 9.17) is 21.1 Å². The van der Waals surface area contributed by atoms with Gasteiger partial charge >= 0.3 is 6.09 Å². The van der Waals surface area contributed by atoms with Gasteiger partial charge in [0.1, 0.15) is 12.2 Å². The van der Waals surface area contributed by atoms with Crippen LogP contribution in [0.25, 0.3) is 0 Å². The van der Waals surface area contributed by atoms with E-state index in [1.165, 1.54) is 0 Å². The van der Waals surface area contributed by atoms with Crippen molar-refractivity contribution in [2.45, 2.75) is 32.5 Å². The lowest BCUT2D eigenvalue weighted by molar-refractivity contribution is -0.0147. The first-order chi connectivity index (χ1) is 9.10. The summed E-state index contributed by atoms with van der Waals surface area (Å²) in [6.45, 7) is 4.35. The molecule has 19 heavy (non-hydrogen) atoms. The van der Waals surface area contributed by atoms with E-state index < -0.39 is 12.2 Å². The van der Waals surface area contributed by atoms with Gasteiger partial charge in [0, 0.05) is 24.2 Å². The van der Waals surface area contributed by atoms with Crippen molar-refractivity contribution >= 4 is 17.7 Å². The molecular formula is C14H20ClNO3.